The van der Waals surface area contributed by atoms with Crippen molar-refractivity contribution in [3.8, 4) is 33.4 Å². The molecule has 4 heteroatoms. The first-order valence-corrected chi connectivity index (χ1v) is 23.1. The Morgan fingerprint density at radius 1 is 0.484 bits per heavy atom. The van der Waals surface area contributed by atoms with Gasteiger partial charge in [-0.25, -0.2) is 0 Å². The summed E-state index contributed by atoms with van der Waals surface area (Å²) in [6.45, 7) is 6.98. The first-order valence-electron chi connectivity index (χ1n) is 22.2. The number of hydrogen-bond acceptors (Lipinski definition) is 3. The molecule has 0 amide bonds. The second kappa shape index (κ2) is 14.1. The standard InChI is InChI=1S/C60H42BN2S/c1-36-31-39(37-15-5-4-6-16-37)26-30-52(36)63-53-35-56-48(46-22-12-14-24-55(46)64-56)34-51(53)61-58-54(63)32-40-18-8-9-19-42(40)57(58)47-28-25-38-17-7-10-20-43(38)59(47)62-41-27-29-45-44-21-11-13-23-49(44)60(2,3)50(45)33-41/h4-35,62H,1-3H3. The zero-order valence-corrected chi connectivity index (χ0v) is 36.7. The molecular formula is C60H42BN2S. The number of nitrogens with zero attached hydrogens (tertiary/aromatic N) is 1. The van der Waals surface area contributed by atoms with Crippen LogP contribution in [0.1, 0.15) is 30.5 Å². The summed E-state index contributed by atoms with van der Waals surface area (Å²) in [5, 5.41) is 11.5. The van der Waals surface area contributed by atoms with Crippen LogP contribution < -0.4 is 21.1 Å². The van der Waals surface area contributed by atoms with Gasteiger partial charge in [0.2, 0.25) is 0 Å². The van der Waals surface area contributed by atoms with Crippen LogP contribution in [0.25, 0.3) is 75.1 Å². The number of hydrogen-bond donors (Lipinski definition) is 1. The van der Waals surface area contributed by atoms with Gasteiger partial charge in [0.05, 0.1) is 5.69 Å². The molecule has 0 saturated heterocycles. The molecule has 10 aromatic carbocycles. The predicted octanol–water partition coefficient (Wildman–Crippen LogP) is 15.5. The highest BCUT2D eigenvalue weighted by molar-refractivity contribution is 7.25. The third-order valence-corrected chi connectivity index (χ3v) is 15.1. The van der Waals surface area contributed by atoms with E-state index in [9.17, 15) is 0 Å². The molecule has 0 saturated carbocycles. The molecule has 1 aromatic heterocycles. The van der Waals surface area contributed by atoms with E-state index < -0.39 is 0 Å². The van der Waals surface area contributed by atoms with Crippen LogP contribution in [0.3, 0.4) is 0 Å². The number of benzene rings is 10. The van der Waals surface area contributed by atoms with Gasteiger partial charge in [-0.3, -0.25) is 0 Å². The van der Waals surface area contributed by atoms with Gasteiger partial charge in [0.15, 0.2) is 7.28 Å². The lowest BCUT2D eigenvalue weighted by molar-refractivity contribution is 0.660. The summed E-state index contributed by atoms with van der Waals surface area (Å²) >= 11 is 1.88. The molecule has 0 bridgehead atoms. The van der Waals surface area contributed by atoms with Crippen LogP contribution in [0.2, 0.25) is 0 Å². The van der Waals surface area contributed by atoms with E-state index in [1.165, 1.54) is 120 Å². The van der Waals surface area contributed by atoms with Gasteiger partial charge in [0.1, 0.15) is 0 Å². The zero-order chi connectivity index (χ0) is 42.7. The van der Waals surface area contributed by atoms with Crippen molar-refractivity contribution >= 4 is 99.7 Å². The van der Waals surface area contributed by atoms with Gasteiger partial charge in [-0.2, -0.15) is 0 Å². The molecule has 301 valence electrons. The summed E-state index contributed by atoms with van der Waals surface area (Å²) in [7, 11) is 2.47. The Labute approximate surface area is 378 Å². The zero-order valence-electron chi connectivity index (χ0n) is 35.9. The lowest BCUT2D eigenvalue weighted by Crippen LogP contribution is -2.41. The second-order valence-corrected chi connectivity index (χ2v) is 19.1. The second-order valence-electron chi connectivity index (χ2n) is 18.0. The molecule has 2 nitrogen and oxygen atoms in total. The number of anilines is 5. The Morgan fingerprint density at radius 2 is 1.20 bits per heavy atom. The van der Waals surface area contributed by atoms with Gasteiger partial charge < -0.3 is 10.2 Å². The van der Waals surface area contributed by atoms with E-state index in [4.69, 9.17) is 0 Å². The molecule has 13 rings (SSSR count). The largest absolute Gasteiger partial charge is 0.355 e. The van der Waals surface area contributed by atoms with Crippen LogP contribution >= 0.6 is 11.3 Å². The minimum absolute atomic E-state index is 0.109. The van der Waals surface area contributed by atoms with Crippen molar-refractivity contribution in [2.45, 2.75) is 26.2 Å². The van der Waals surface area contributed by atoms with Crippen LogP contribution in [0.15, 0.2) is 194 Å². The monoisotopic (exact) mass is 833 g/mol. The van der Waals surface area contributed by atoms with Gasteiger partial charge >= 0.3 is 0 Å². The fourth-order valence-electron chi connectivity index (χ4n) is 10.9. The van der Waals surface area contributed by atoms with Crippen molar-refractivity contribution in [3.63, 3.8) is 0 Å². The van der Waals surface area contributed by atoms with Gasteiger partial charge in [-0.1, -0.05) is 171 Å². The highest BCUT2D eigenvalue weighted by Crippen LogP contribution is 2.51. The fraction of sp³-hybridized carbons (Fsp3) is 0.0667. The molecule has 0 fully saturated rings. The topological polar surface area (TPSA) is 15.3 Å². The van der Waals surface area contributed by atoms with E-state index in [1.807, 2.05) is 11.3 Å². The van der Waals surface area contributed by atoms with E-state index >= 15 is 0 Å². The Morgan fingerprint density at radius 3 is 2.06 bits per heavy atom. The maximum atomic E-state index is 4.09. The molecule has 0 spiro atoms. The molecule has 64 heavy (non-hydrogen) atoms. The smallest absolute Gasteiger partial charge is 0.197 e. The number of rotatable bonds is 5. The maximum Gasteiger partial charge on any atom is 0.197 e. The summed E-state index contributed by atoms with van der Waals surface area (Å²) in [4.78, 5) is 2.54. The molecule has 1 radical (unpaired) electrons. The third kappa shape index (κ3) is 5.59. The van der Waals surface area contributed by atoms with Crippen molar-refractivity contribution in [3.05, 3.63) is 211 Å². The van der Waals surface area contributed by atoms with Crippen LogP contribution in [-0.2, 0) is 5.41 Å². The lowest BCUT2D eigenvalue weighted by atomic mass is 9.57. The number of fused-ring (bicyclic) bond motifs is 10. The molecule has 0 unspecified atom stereocenters. The Hall–Kier alpha value is -7.40. The average molecular weight is 834 g/mol. The molecule has 2 aliphatic rings. The molecule has 11 aromatic rings. The van der Waals surface area contributed by atoms with E-state index in [1.54, 1.807) is 0 Å². The Kier molecular flexibility index (Phi) is 8.17. The van der Waals surface area contributed by atoms with Crippen LogP contribution in [-0.4, -0.2) is 7.28 Å². The minimum atomic E-state index is -0.109. The summed E-state index contributed by atoms with van der Waals surface area (Å²) in [6.07, 6.45) is 0. The average Bonchev–Trinajstić information content (AvgIpc) is 3.80. The third-order valence-electron chi connectivity index (χ3n) is 14.0. The molecule has 1 aliphatic heterocycles. The first-order chi connectivity index (χ1) is 31.4. The first kappa shape index (κ1) is 37.2. The highest BCUT2D eigenvalue weighted by atomic mass is 32.1. The number of aryl methyl sites for hydroxylation is 1. The summed E-state index contributed by atoms with van der Waals surface area (Å²) in [5.41, 5.74) is 19.5. The van der Waals surface area contributed by atoms with Gasteiger partial charge in [-0.05, 0) is 121 Å². The van der Waals surface area contributed by atoms with Gasteiger partial charge in [0.25, 0.3) is 0 Å². The summed E-state index contributed by atoms with van der Waals surface area (Å²) in [5.74, 6) is 0. The molecule has 1 N–H and O–H groups in total. The molecular weight excluding hydrogens is 792 g/mol. The normalized spacial score (nSPS) is 13.5. The van der Waals surface area contributed by atoms with Crippen molar-refractivity contribution in [2.24, 2.45) is 0 Å². The molecule has 1 aliphatic carbocycles. The fourth-order valence-corrected chi connectivity index (χ4v) is 12.0. The van der Waals surface area contributed by atoms with Crippen LogP contribution in [0.4, 0.5) is 28.4 Å². The minimum Gasteiger partial charge on any atom is -0.355 e. The highest BCUT2D eigenvalue weighted by Gasteiger charge is 2.36. The van der Waals surface area contributed by atoms with Crippen molar-refractivity contribution in [1.29, 1.82) is 0 Å². The van der Waals surface area contributed by atoms with E-state index in [0.717, 1.165) is 11.4 Å². The van der Waals surface area contributed by atoms with Gasteiger partial charge in [0, 0.05) is 53.9 Å². The summed E-state index contributed by atoms with van der Waals surface area (Å²) < 4.78 is 2.60. The summed E-state index contributed by atoms with van der Waals surface area (Å²) in [6, 6.07) is 72.1. The lowest BCUT2D eigenvalue weighted by Gasteiger charge is -2.36. The number of thiophene rings is 1. The number of nitrogens with one attached hydrogen (secondary N) is 1. The van der Waals surface area contributed by atoms with Crippen LogP contribution in [0, 0.1) is 6.92 Å². The van der Waals surface area contributed by atoms with Crippen molar-refractivity contribution in [1.82, 2.24) is 0 Å². The molecule has 0 atom stereocenters. The van der Waals surface area contributed by atoms with Crippen molar-refractivity contribution < 1.29 is 0 Å². The SMILES string of the molecule is Cc1cc(-c2ccccc2)ccc1N1c2cc3sc4ccccc4c3cc2[B]c2c1cc1ccccc1c2-c1ccc2ccccc2c1Nc1ccc2c(c1)C(C)(C)c1ccccc1-2. The quantitative estimate of drug-likeness (QED) is 0.174. The Balaban J connectivity index is 1.06. The van der Waals surface area contributed by atoms with E-state index in [2.05, 4.69) is 232 Å². The predicted molar refractivity (Wildman–Crippen MR) is 277 cm³/mol. The molecule has 2 heterocycles. The van der Waals surface area contributed by atoms with E-state index in [0.29, 0.717) is 0 Å². The van der Waals surface area contributed by atoms with Gasteiger partial charge in [-0.15, -0.1) is 11.3 Å². The van der Waals surface area contributed by atoms with Crippen LogP contribution in [0.5, 0.6) is 0 Å². The Bertz CT molecular complexity index is 3730. The van der Waals surface area contributed by atoms with Crippen molar-refractivity contribution in [2.75, 3.05) is 10.2 Å². The van der Waals surface area contributed by atoms with E-state index in [-0.39, 0.29) is 5.41 Å². The maximum absolute atomic E-state index is 4.09.